The summed E-state index contributed by atoms with van der Waals surface area (Å²) in [6.45, 7) is 5.30. The van der Waals surface area contributed by atoms with Crippen LogP contribution in [0.25, 0.3) is 11.0 Å². The number of hydrogen-bond donors (Lipinski definition) is 1. The molecule has 3 aromatic rings. The van der Waals surface area contributed by atoms with E-state index < -0.39 is 0 Å². The van der Waals surface area contributed by atoms with Gasteiger partial charge in [-0.1, -0.05) is 50.1 Å². The van der Waals surface area contributed by atoms with Crippen LogP contribution in [0.2, 0.25) is 0 Å². The molecule has 1 aliphatic heterocycles. The molecular weight excluding hydrogens is 362 g/mol. The van der Waals surface area contributed by atoms with Gasteiger partial charge in [0.1, 0.15) is 11.2 Å². The maximum absolute atomic E-state index is 12.7. The molecule has 0 radical (unpaired) electrons. The first-order chi connectivity index (χ1) is 14.2. The Bertz CT molecular complexity index is 1030. The van der Waals surface area contributed by atoms with Gasteiger partial charge >= 0.3 is 0 Å². The molecule has 2 atom stereocenters. The predicted octanol–water partition coefficient (Wildman–Crippen LogP) is 3.51. The Morgan fingerprint density at radius 3 is 2.72 bits per heavy atom. The average Bonchev–Trinajstić information content (AvgIpc) is 3.46. The summed E-state index contributed by atoms with van der Waals surface area (Å²) in [7, 11) is 0. The molecule has 1 aromatic carbocycles. The van der Waals surface area contributed by atoms with Gasteiger partial charge in [-0.05, 0) is 30.7 Å². The molecule has 5 rings (SSSR count). The SMILES string of the molecule is C[C@@H]1CN(CCc2ccccc2)C[C@H]1c1nc2c(cnn2C2CCCC2)c(=O)[nH]1. The maximum atomic E-state index is 12.7. The van der Waals surface area contributed by atoms with Gasteiger partial charge in [0, 0.05) is 25.6 Å². The standard InChI is InChI=1S/C23H29N5O/c1-16-14-27(12-11-17-7-3-2-4-8-17)15-20(16)21-25-22-19(23(29)26-21)13-24-28(22)18-9-5-6-10-18/h2-4,7-8,13,16,18,20H,5-6,9-12,14-15H2,1H3,(H,25,26,29)/t16-,20-/m1/s1. The number of aromatic amines is 1. The summed E-state index contributed by atoms with van der Waals surface area (Å²) in [4.78, 5) is 23.2. The molecule has 2 aromatic heterocycles. The third kappa shape index (κ3) is 3.62. The minimum absolute atomic E-state index is 0.0517. The van der Waals surface area contributed by atoms with Crippen molar-refractivity contribution in [2.24, 2.45) is 5.92 Å². The van der Waals surface area contributed by atoms with Crippen molar-refractivity contribution < 1.29 is 0 Å². The zero-order valence-electron chi connectivity index (χ0n) is 17.1. The van der Waals surface area contributed by atoms with Crippen LogP contribution in [0, 0.1) is 5.92 Å². The smallest absolute Gasteiger partial charge is 0.262 e. The quantitative estimate of drug-likeness (QED) is 0.723. The molecule has 0 unspecified atom stereocenters. The van der Waals surface area contributed by atoms with Crippen molar-refractivity contribution in [1.29, 1.82) is 0 Å². The first-order valence-corrected chi connectivity index (χ1v) is 10.9. The summed E-state index contributed by atoms with van der Waals surface area (Å²) in [5.41, 5.74) is 2.09. The van der Waals surface area contributed by atoms with E-state index in [0.717, 1.165) is 50.4 Å². The fourth-order valence-electron chi connectivity index (χ4n) is 5.08. The molecule has 1 saturated carbocycles. The van der Waals surface area contributed by atoms with Gasteiger partial charge in [-0.15, -0.1) is 0 Å². The van der Waals surface area contributed by atoms with Crippen molar-refractivity contribution in [3.8, 4) is 0 Å². The normalized spacial score (nSPS) is 23.3. The molecule has 0 spiro atoms. The minimum Gasteiger partial charge on any atom is -0.310 e. The Hall–Kier alpha value is -2.47. The number of nitrogens with zero attached hydrogens (tertiary/aromatic N) is 4. The highest BCUT2D eigenvalue weighted by atomic mass is 16.1. The van der Waals surface area contributed by atoms with Crippen LogP contribution in [0.15, 0.2) is 41.3 Å². The number of H-pyrrole nitrogens is 1. The molecular formula is C23H29N5O. The molecule has 1 aliphatic carbocycles. The second-order valence-electron chi connectivity index (χ2n) is 8.79. The third-order valence-electron chi connectivity index (χ3n) is 6.75. The van der Waals surface area contributed by atoms with E-state index in [0.29, 0.717) is 17.3 Å². The number of likely N-dealkylation sites (tertiary alicyclic amines) is 1. The van der Waals surface area contributed by atoms with Gasteiger partial charge < -0.3 is 9.88 Å². The Kier molecular flexibility index (Phi) is 4.96. The lowest BCUT2D eigenvalue weighted by Gasteiger charge is -2.16. The summed E-state index contributed by atoms with van der Waals surface area (Å²) in [5, 5.41) is 5.14. The molecule has 1 saturated heterocycles. The number of benzene rings is 1. The average molecular weight is 392 g/mol. The lowest BCUT2D eigenvalue weighted by molar-refractivity contribution is 0.330. The van der Waals surface area contributed by atoms with E-state index in [9.17, 15) is 4.79 Å². The van der Waals surface area contributed by atoms with E-state index in [4.69, 9.17) is 4.98 Å². The van der Waals surface area contributed by atoms with Crippen molar-refractivity contribution in [3.05, 3.63) is 58.3 Å². The maximum Gasteiger partial charge on any atom is 0.262 e. The van der Waals surface area contributed by atoms with Gasteiger partial charge in [-0.25, -0.2) is 9.67 Å². The number of hydrogen-bond acceptors (Lipinski definition) is 4. The van der Waals surface area contributed by atoms with Gasteiger partial charge in [-0.3, -0.25) is 4.79 Å². The first kappa shape index (κ1) is 18.6. The van der Waals surface area contributed by atoms with E-state index in [1.54, 1.807) is 6.20 Å². The minimum atomic E-state index is -0.0517. The van der Waals surface area contributed by atoms with E-state index in [-0.39, 0.29) is 11.5 Å². The van der Waals surface area contributed by atoms with E-state index in [1.165, 1.54) is 18.4 Å². The van der Waals surface area contributed by atoms with Gasteiger partial charge in [0.2, 0.25) is 0 Å². The van der Waals surface area contributed by atoms with E-state index in [2.05, 4.69) is 52.2 Å². The predicted molar refractivity (Wildman–Crippen MR) is 114 cm³/mol. The molecule has 152 valence electrons. The summed E-state index contributed by atoms with van der Waals surface area (Å²) in [6, 6.07) is 11.0. The summed E-state index contributed by atoms with van der Waals surface area (Å²) < 4.78 is 2.01. The fourth-order valence-corrected chi connectivity index (χ4v) is 5.08. The topological polar surface area (TPSA) is 66.8 Å². The molecule has 0 amide bonds. The van der Waals surface area contributed by atoms with Gasteiger partial charge in [0.25, 0.3) is 5.56 Å². The van der Waals surface area contributed by atoms with Crippen molar-refractivity contribution in [1.82, 2.24) is 24.6 Å². The highest BCUT2D eigenvalue weighted by Gasteiger charge is 2.33. The summed E-state index contributed by atoms with van der Waals surface area (Å²) in [6.07, 6.45) is 7.47. The Balaban J connectivity index is 1.37. The van der Waals surface area contributed by atoms with E-state index in [1.807, 2.05) is 4.68 Å². The fraction of sp³-hybridized carbons (Fsp3) is 0.522. The second-order valence-corrected chi connectivity index (χ2v) is 8.79. The number of fused-ring (bicyclic) bond motifs is 1. The van der Waals surface area contributed by atoms with Crippen LogP contribution >= 0.6 is 0 Å². The Morgan fingerprint density at radius 2 is 1.93 bits per heavy atom. The number of aromatic nitrogens is 4. The van der Waals surface area contributed by atoms with Crippen LogP contribution in [0.5, 0.6) is 0 Å². The lowest BCUT2D eigenvalue weighted by Crippen LogP contribution is -2.24. The first-order valence-electron chi connectivity index (χ1n) is 10.9. The molecule has 3 heterocycles. The number of nitrogens with one attached hydrogen (secondary N) is 1. The second kappa shape index (κ2) is 7.75. The van der Waals surface area contributed by atoms with E-state index >= 15 is 0 Å². The molecule has 6 heteroatoms. The molecule has 2 fully saturated rings. The van der Waals surface area contributed by atoms with Crippen molar-refractivity contribution in [3.63, 3.8) is 0 Å². The van der Waals surface area contributed by atoms with Crippen LogP contribution in [-0.2, 0) is 6.42 Å². The van der Waals surface area contributed by atoms with Crippen molar-refractivity contribution in [2.45, 2.75) is 51.0 Å². The van der Waals surface area contributed by atoms with Crippen molar-refractivity contribution >= 4 is 11.0 Å². The van der Waals surface area contributed by atoms with Crippen LogP contribution in [0.3, 0.4) is 0 Å². The molecule has 1 N–H and O–H groups in total. The highest BCUT2D eigenvalue weighted by Crippen LogP contribution is 2.33. The van der Waals surface area contributed by atoms with Crippen molar-refractivity contribution in [2.75, 3.05) is 19.6 Å². The third-order valence-corrected chi connectivity index (χ3v) is 6.75. The Labute approximate surface area is 171 Å². The van der Waals surface area contributed by atoms with Crippen LogP contribution < -0.4 is 5.56 Å². The molecule has 29 heavy (non-hydrogen) atoms. The monoisotopic (exact) mass is 391 g/mol. The molecule has 2 aliphatic rings. The largest absolute Gasteiger partial charge is 0.310 e. The van der Waals surface area contributed by atoms with Gasteiger partial charge in [-0.2, -0.15) is 5.10 Å². The number of rotatable bonds is 5. The van der Waals surface area contributed by atoms with Crippen LogP contribution in [-0.4, -0.2) is 44.3 Å². The summed E-state index contributed by atoms with van der Waals surface area (Å²) >= 11 is 0. The summed E-state index contributed by atoms with van der Waals surface area (Å²) in [5.74, 6) is 1.56. The Morgan fingerprint density at radius 1 is 1.14 bits per heavy atom. The molecule has 0 bridgehead atoms. The molecule has 6 nitrogen and oxygen atoms in total. The zero-order valence-corrected chi connectivity index (χ0v) is 17.1. The van der Waals surface area contributed by atoms with Gasteiger partial charge in [0.15, 0.2) is 5.65 Å². The lowest BCUT2D eigenvalue weighted by atomic mass is 9.97. The zero-order chi connectivity index (χ0) is 19.8. The van der Waals surface area contributed by atoms with Crippen LogP contribution in [0.1, 0.15) is 56.0 Å². The highest BCUT2D eigenvalue weighted by molar-refractivity contribution is 5.73. The van der Waals surface area contributed by atoms with Crippen LogP contribution in [0.4, 0.5) is 0 Å². The van der Waals surface area contributed by atoms with Gasteiger partial charge in [0.05, 0.1) is 12.2 Å².